The van der Waals surface area contributed by atoms with E-state index < -0.39 is 5.79 Å². The van der Waals surface area contributed by atoms with E-state index in [0.29, 0.717) is 21.6 Å². The van der Waals surface area contributed by atoms with E-state index in [1.165, 1.54) is 0 Å². The van der Waals surface area contributed by atoms with Gasteiger partial charge in [0.25, 0.3) is 0 Å². The molecule has 1 aromatic rings. The summed E-state index contributed by atoms with van der Waals surface area (Å²) in [5.41, 5.74) is 1.08. The Balaban J connectivity index is 1.76. The van der Waals surface area contributed by atoms with E-state index in [4.69, 9.17) is 9.47 Å². The van der Waals surface area contributed by atoms with E-state index >= 15 is 0 Å². The fraction of sp³-hybridized carbons (Fsp3) is 0.429. The van der Waals surface area contributed by atoms with Crippen molar-refractivity contribution >= 4 is 15.0 Å². The van der Waals surface area contributed by atoms with Crippen molar-refractivity contribution in [1.82, 2.24) is 0 Å². The van der Waals surface area contributed by atoms with Crippen molar-refractivity contribution in [3.63, 3.8) is 0 Å². The van der Waals surface area contributed by atoms with Gasteiger partial charge in [0.15, 0.2) is 0 Å². The summed E-state index contributed by atoms with van der Waals surface area (Å²) < 4.78 is 11.2. The maximum absolute atomic E-state index is 5.73. The molecule has 1 atom stereocenters. The van der Waals surface area contributed by atoms with Crippen LogP contribution >= 0.6 is 0 Å². The molecule has 1 heterocycles. The molecule has 1 saturated heterocycles. The fourth-order valence-corrected chi connectivity index (χ4v) is 2.90. The Morgan fingerprint density at radius 1 is 1.35 bits per heavy atom. The Morgan fingerprint density at radius 3 is 2.76 bits per heavy atom. The number of benzene rings is 1. The normalized spacial score (nSPS) is 21.9. The summed E-state index contributed by atoms with van der Waals surface area (Å²) in [6.45, 7) is 4.60. The molecule has 90 valence electrons. The van der Waals surface area contributed by atoms with E-state index in [2.05, 4.69) is 10.7 Å². The van der Waals surface area contributed by atoms with E-state index in [-0.39, 0.29) is 6.10 Å². The second kappa shape index (κ2) is 5.71. The quantitative estimate of drug-likeness (QED) is 0.615. The van der Waals surface area contributed by atoms with E-state index in [9.17, 15) is 0 Å². The van der Waals surface area contributed by atoms with Crippen LogP contribution in [-0.2, 0) is 9.47 Å². The van der Waals surface area contributed by atoms with Crippen molar-refractivity contribution in [2.45, 2.75) is 31.1 Å². The second-order valence-corrected chi connectivity index (χ2v) is 6.09. The monoisotopic (exact) mass is 296 g/mol. The van der Waals surface area contributed by atoms with Gasteiger partial charge in [0.05, 0.1) is 0 Å². The molecule has 2 nitrogen and oxygen atoms in total. The molecule has 0 bridgehead atoms. The summed E-state index contributed by atoms with van der Waals surface area (Å²) in [7, 11) is 0. The third kappa shape index (κ3) is 4.18. The van der Waals surface area contributed by atoms with Crippen molar-refractivity contribution < 1.29 is 9.47 Å². The third-order valence-corrected chi connectivity index (χ3v) is 4.02. The zero-order valence-corrected chi connectivity index (χ0v) is 11.8. The van der Waals surface area contributed by atoms with Gasteiger partial charge in [-0.25, -0.2) is 0 Å². The molecular weight excluding hydrogens is 279 g/mol. The molecule has 0 aliphatic carbocycles. The van der Waals surface area contributed by atoms with Crippen molar-refractivity contribution in [2.24, 2.45) is 0 Å². The van der Waals surface area contributed by atoms with E-state index in [1.807, 2.05) is 44.2 Å². The molecule has 1 aliphatic heterocycles. The Kier molecular flexibility index (Phi) is 4.25. The van der Waals surface area contributed by atoms with Crippen LogP contribution in [0.5, 0.6) is 0 Å². The van der Waals surface area contributed by atoms with Gasteiger partial charge < -0.3 is 0 Å². The summed E-state index contributed by atoms with van der Waals surface area (Å²) in [5, 5.41) is 0.996. The van der Waals surface area contributed by atoms with Crippen molar-refractivity contribution in [2.75, 3.05) is 6.61 Å². The minimum atomic E-state index is -0.409. The molecule has 0 saturated carbocycles. The predicted octanol–water partition coefficient (Wildman–Crippen LogP) is 2.27. The second-order valence-electron chi connectivity index (χ2n) is 4.35. The Labute approximate surface area is 109 Å². The van der Waals surface area contributed by atoms with Crippen LogP contribution in [-0.4, -0.2) is 33.5 Å². The number of rotatable bonds is 2. The summed E-state index contributed by atoms with van der Waals surface area (Å²) in [6, 6.07) is 10.1. The average molecular weight is 295 g/mol. The first-order chi connectivity index (χ1) is 8.16. The first kappa shape index (κ1) is 12.7. The van der Waals surface area contributed by atoms with Crippen LogP contribution < -0.4 is 0 Å². The molecule has 0 aromatic heterocycles. The van der Waals surface area contributed by atoms with Gasteiger partial charge in [-0.1, -0.05) is 0 Å². The molecule has 1 fully saturated rings. The molecule has 0 radical (unpaired) electrons. The molecule has 0 spiro atoms. The standard InChI is InChI=1S/C14H16O2Se/c1-14(2)15-10-13(16-14)11-17-9-8-12-6-4-3-5-7-12/h3-7,13H,10-11H2,1-2H3. The Hall–Kier alpha value is -0.781. The van der Waals surface area contributed by atoms with Crippen LogP contribution in [0, 0.1) is 10.7 Å². The van der Waals surface area contributed by atoms with Gasteiger partial charge in [-0.2, -0.15) is 0 Å². The Morgan fingerprint density at radius 2 is 2.12 bits per heavy atom. The van der Waals surface area contributed by atoms with Crippen LogP contribution in [0.15, 0.2) is 30.3 Å². The van der Waals surface area contributed by atoms with Gasteiger partial charge in [0.1, 0.15) is 0 Å². The third-order valence-electron chi connectivity index (χ3n) is 2.38. The molecule has 1 aromatic carbocycles. The van der Waals surface area contributed by atoms with Crippen LogP contribution in [0.4, 0.5) is 0 Å². The molecule has 1 aliphatic rings. The molecule has 17 heavy (non-hydrogen) atoms. The van der Waals surface area contributed by atoms with Crippen molar-refractivity contribution in [3.8, 4) is 10.7 Å². The topological polar surface area (TPSA) is 18.5 Å². The van der Waals surface area contributed by atoms with Gasteiger partial charge in [-0.05, 0) is 0 Å². The van der Waals surface area contributed by atoms with Crippen LogP contribution in [0.25, 0.3) is 0 Å². The number of hydrogen-bond donors (Lipinski definition) is 0. The summed E-state index contributed by atoms with van der Waals surface area (Å²) in [6.07, 6.45) is 0.218. The zero-order chi connectivity index (χ0) is 12.1. The average Bonchev–Trinajstić information content (AvgIpc) is 2.66. The summed E-state index contributed by atoms with van der Waals surface area (Å²) in [5.74, 6) is 2.76. The zero-order valence-electron chi connectivity index (χ0n) is 10.1. The van der Waals surface area contributed by atoms with Gasteiger partial charge >= 0.3 is 109 Å². The Bertz CT molecular complexity index is 417. The summed E-state index contributed by atoms with van der Waals surface area (Å²) in [4.78, 5) is 3.23. The van der Waals surface area contributed by atoms with Gasteiger partial charge in [0.2, 0.25) is 0 Å². The SMILES string of the molecule is CC1(C)OCC(C[Se]C#Cc2ccccc2)O1. The molecule has 0 N–H and O–H groups in total. The van der Waals surface area contributed by atoms with E-state index in [0.717, 1.165) is 10.9 Å². The molecule has 3 heteroatoms. The summed E-state index contributed by atoms with van der Waals surface area (Å²) >= 11 is 0.296. The first-order valence-corrected chi connectivity index (χ1v) is 7.72. The minimum absolute atomic E-state index is 0.218. The van der Waals surface area contributed by atoms with Crippen molar-refractivity contribution in [1.29, 1.82) is 0 Å². The predicted molar refractivity (Wildman–Crippen MR) is 68.8 cm³/mol. The van der Waals surface area contributed by atoms with Crippen molar-refractivity contribution in [3.05, 3.63) is 35.9 Å². The van der Waals surface area contributed by atoms with Crippen LogP contribution in [0.2, 0.25) is 5.32 Å². The van der Waals surface area contributed by atoms with Gasteiger partial charge in [-0.15, -0.1) is 0 Å². The van der Waals surface area contributed by atoms with Gasteiger partial charge in [-0.3, -0.25) is 0 Å². The number of hydrogen-bond acceptors (Lipinski definition) is 2. The molecule has 1 unspecified atom stereocenters. The number of ether oxygens (including phenoxy) is 2. The molecule has 2 rings (SSSR count). The van der Waals surface area contributed by atoms with Gasteiger partial charge in [0, 0.05) is 0 Å². The van der Waals surface area contributed by atoms with Crippen LogP contribution in [0.3, 0.4) is 0 Å². The van der Waals surface area contributed by atoms with Crippen LogP contribution in [0.1, 0.15) is 19.4 Å². The molecular formula is C14H16O2Se. The molecule has 0 amide bonds. The fourth-order valence-electron chi connectivity index (χ4n) is 1.60. The maximum atomic E-state index is 5.73. The first-order valence-electron chi connectivity index (χ1n) is 5.65. The van der Waals surface area contributed by atoms with E-state index in [1.54, 1.807) is 0 Å².